The number of hydrogen-bond donors (Lipinski definition) is 1. The highest BCUT2D eigenvalue weighted by Crippen LogP contribution is 2.23. The largest absolute Gasteiger partial charge is 0.348 e. The van der Waals surface area contributed by atoms with E-state index in [1.54, 1.807) is 0 Å². The summed E-state index contributed by atoms with van der Waals surface area (Å²) in [6.45, 7) is 10.8. The number of rotatable bonds is 8. The maximum Gasteiger partial charge on any atom is 0.251 e. The van der Waals surface area contributed by atoms with Crippen LogP contribution in [0.3, 0.4) is 0 Å². The molecule has 1 N–H and O–H groups in total. The van der Waals surface area contributed by atoms with Gasteiger partial charge in [-0.3, -0.25) is 13.9 Å². The fourth-order valence-corrected chi connectivity index (χ4v) is 5.19. The van der Waals surface area contributed by atoms with Gasteiger partial charge in [0.15, 0.2) is 0 Å². The molecule has 1 aliphatic rings. The molecule has 33 heavy (non-hydrogen) atoms. The van der Waals surface area contributed by atoms with E-state index in [1.807, 2.05) is 43.3 Å². The van der Waals surface area contributed by atoms with Crippen LogP contribution < -0.4 is 5.32 Å². The molecule has 1 aliphatic heterocycles. The maximum atomic E-state index is 12.8. The Bertz CT molecular complexity index is 1130. The van der Waals surface area contributed by atoms with Crippen LogP contribution >= 0.6 is 0 Å². The third-order valence-electron chi connectivity index (χ3n) is 6.45. The van der Waals surface area contributed by atoms with E-state index in [9.17, 15) is 9.00 Å². The van der Waals surface area contributed by atoms with E-state index in [4.69, 9.17) is 0 Å². The summed E-state index contributed by atoms with van der Waals surface area (Å²) in [6.07, 6.45) is 0. The molecule has 0 aliphatic carbocycles. The first-order valence-electron chi connectivity index (χ1n) is 11.8. The van der Waals surface area contributed by atoms with Crippen LogP contribution in [0.15, 0.2) is 53.4 Å². The summed E-state index contributed by atoms with van der Waals surface area (Å²) in [6, 6.07) is 15.8. The predicted molar refractivity (Wildman–Crippen MR) is 135 cm³/mol. The van der Waals surface area contributed by atoms with Crippen molar-refractivity contribution in [2.75, 3.05) is 39.0 Å². The zero-order valence-corrected chi connectivity index (χ0v) is 20.7. The van der Waals surface area contributed by atoms with Crippen LogP contribution in [0, 0.1) is 0 Å². The van der Waals surface area contributed by atoms with Gasteiger partial charge in [0, 0.05) is 78.6 Å². The van der Waals surface area contributed by atoms with Crippen molar-refractivity contribution in [1.29, 1.82) is 0 Å². The number of carbonyl (C=O) groups is 1. The van der Waals surface area contributed by atoms with E-state index in [0.717, 1.165) is 55.1 Å². The van der Waals surface area contributed by atoms with Gasteiger partial charge in [-0.15, -0.1) is 0 Å². The number of benzene rings is 2. The quantitative estimate of drug-likeness (QED) is 0.552. The number of amides is 1. The highest BCUT2D eigenvalue weighted by Gasteiger charge is 2.17. The predicted octanol–water partition coefficient (Wildman–Crippen LogP) is 3.47. The van der Waals surface area contributed by atoms with Crippen molar-refractivity contribution in [3.05, 3.63) is 65.4 Å². The lowest BCUT2D eigenvalue weighted by Gasteiger charge is -2.32. The Labute approximate surface area is 199 Å². The lowest BCUT2D eigenvalue weighted by molar-refractivity contribution is 0.0951. The molecule has 4 rings (SSSR count). The Kier molecular flexibility index (Phi) is 7.63. The van der Waals surface area contributed by atoms with Gasteiger partial charge in [-0.05, 0) is 55.9 Å². The zero-order chi connectivity index (χ0) is 23.4. The van der Waals surface area contributed by atoms with Crippen LogP contribution in [-0.2, 0) is 30.4 Å². The van der Waals surface area contributed by atoms with Gasteiger partial charge >= 0.3 is 0 Å². The van der Waals surface area contributed by atoms with Crippen molar-refractivity contribution in [2.24, 2.45) is 0 Å². The molecule has 0 spiro atoms. The number of hydrogen-bond acceptors (Lipinski definition) is 4. The molecule has 1 amide bonds. The Balaban J connectivity index is 1.44. The number of nitrogens with zero attached hydrogens (tertiary/aromatic N) is 3. The summed E-state index contributed by atoms with van der Waals surface area (Å²) >= 11 is 0. The molecule has 1 fully saturated rings. The minimum atomic E-state index is -0.954. The Morgan fingerprint density at radius 1 is 1.00 bits per heavy atom. The zero-order valence-electron chi connectivity index (χ0n) is 19.8. The second-order valence-corrected chi connectivity index (χ2v) is 10.4. The second-order valence-electron chi connectivity index (χ2n) is 8.69. The SMILES string of the molecule is CCn1c(CN2CCN(C)CC2)cc2cc(C(=O)NCc3ccc(S(=O)CC)cc3)ccc21. The lowest BCUT2D eigenvalue weighted by atomic mass is 10.1. The number of likely N-dealkylation sites (N-methyl/N-ethyl adjacent to an activating group) is 1. The first-order chi connectivity index (χ1) is 16.0. The maximum absolute atomic E-state index is 12.8. The summed E-state index contributed by atoms with van der Waals surface area (Å²) in [5.41, 5.74) is 4.15. The van der Waals surface area contributed by atoms with Crippen molar-refractivity contribution in [2.45, 2.75) is 38.4 Å². The van der Waals surface area contributed by atoms with Crippen LogP contribution in [0.2, 0.25) is 0 Å². The molecule has 176 valence electrons. The summed E-state index contributed by atoms with van der Waals surface area (Å²) in [7, 11) is 1.22. The first kappa shape index (κ1) is 23.7. The Hall–Kier alpha value is -2.48. The van der Waals surface area contributed by atoms with E-state index in [2.05, 4.69) is 45.8 Å². The fourth-order valence-electron chi connectivity index (χ4n) is 4.42. The Morgan fingerprint density at radius 3 is 2.39 bits per heavy atom. The molecule has 3 aromatic rings. The number of aromatic nitrogens is 1. The molecule has 1 unspecified atom stereocenters. The summed E-state index contributed by atoms with van der Waals surface area (Å²) in [5.74, 6) is 0.526. The molecule has 0 saturated carbocycles. The van der Waals surface area contributed by atoms with Crippen molar-refractivity contribution >= 4 is 27.6 Å². The molecular formula is C26H34N4O2S. The minimum absolute atomic E-state index is 0.0806. The van der Waals surface area contributed by atoms with Crippen LogP contribution in [0.5, 0.6) is 0 Å². The molecule has 0 bridgehead atoms. The number of carbonyl (C=O) groups excluding carboxylic acids is 1. The van der Waals surface area contributed by atoms with E-state index in [-0.39, 0.29) is 5.91 Å². The van der Waals surface area contributed by atoms with Gasteiger partial charge in [-0.1, -0.05) is 19.1 Å². The molecule has 1 atom stereocenters. The topological polar surface area (TPSA) is 57.6 Å². The molecule has 2 heterocycles. The van der Waals surface area contributed by atoms with Crippen molar-refractivity contribution in [1.82, 2.24) is 19.7 Å². The molecule has 2 aromatic carbocycles. The summed E-state index contributed by atoms with van der Waals surface area (Å²) < 4.78 is 14.2. The van der Waals surface area contributed by atoms with Gasteiger partial charge in [0.1, 0.15) is 0 Å². The van der Waals surface area contributed by atoms with Gasteiger partial charge in [0.2, 0.25) is 0 Å². The van der Waals surface area contributed by atoms with Crippen molar-refractivity contribution in [3.8, 4) is 0 Å². The first-order valence-corrected chi connectivity index (χ1v) is 13.1. The van der Waals surface area contributed by atoms with E-state index >= 15 is 0 Å². The summed E-state index contributed by atoms with van der Waals surface area (Å²) in [4.78, 5) is 18.5. The third kappa shape index (κ3) is 5.54. The monoisotopic (exact) mass is 466 g/mol. The van der Waals surface area contributed by atoms with E-state index in [0.29, 0.717) is 17.9 Å². The highest BCUT2D eigenvalue weighted by molar-refractivity contribution is 7.85. The van der Waals surface area contributed by atoms with Crippen molar-refractivity contribution < 1.29 is 9.00 Å². The van der Waals surface area contributed by atoms with Crippen molar-refractivity contribution in [3.63, 3.8) is 0 Å². The van der Waals surface area contributed by atoms with Gasteiger partial charge < -0.3 is 14.8 Å². The number of nitrogens with one attached hydrogen (secondary N) is 1. The molecular weight excluding hydrogens is 432 g/mol. The van der Waals surface area contributed by atoms with E-state index < -0.39 is 10.8 Å². The van der Waals surface area contributed by atoms with Crippen LogP contribution in [-0.4, -0.2) is 63.5 Å². The second kappa shape index (κ2) is 10.6. The van der Waals surface area contributed by atoms with Gasteiger partial charge in [-0.25, -0.2) is 0 Å². The average Bonchev–Trinajstić information content (AvgIpc) is 3.19. The van der Waals surface area contributed by atoms with Gasteiger partial charge in [0.05, 0.1) is 10.8 Å². The molecule has 1 saturated heterocycles. The smallest absolute Gasteiger partial charge is 0.251 e. The fraction of sp³-hybridized carbons (Fsp3) is 0.423. The van der Waals surface area contributed by atoms with Crippen LogP contribution in [0.4, 0.5) is 0 Å². The molecule has 6 nitrogen and oxygen atoms in total. The summed E-state index contributed by atoms with van der Waals surface area (Å²) in [5, 5.41) is 4.12. The van der Waals surface area contributed by atoms with E-state index in [1.165, 1.54) is 11.2 Å². The van der Waals surface area contributed by atoms with Gasteiger partial charge in [0.25, 0.3) is 5.91 Å². The number of fused-ring (bicyclic) bond motifs is 1. The number of aryl methyl sites for hydroxylation is 1. The standard InChI is InChI=1S/C26H34N4O2S/c1-4-30-23(19-29-14-12-28(3)13-15-29)17-22-16-21(8-11-25(22)30)26(31)27-18-20-6-9-24(10-7-20)33(32)5-2/h6-11,16-17H,4-5,12-15,18-19H2,1-3H3,(H,27,31). The van der Waals surface area contributed by atoms with Crippen LogP contribution in [0.1, 0.15) is 35.5 Å². The highest BCUT2D eigenvalue weighted by atomic mass is 32.2. The third-order valence-corrected chi connectivity index (χ3v) is 7.77. The molecule has 7 heteroatoms. The van der Waals surface area contributed by atoms with Gasteiger partial charge in [-0.2, -0.15) is 0 Å². The average molecular weight is 467 g/mol. The van der Waals surface area contributed by atoms with Crippen LogP contribution in [0.25, 0.3) is 10.9 Å². The minimum Gasteiger partial charge on any atom is -0.348 e. The lowest BCUT2D eigenvalue weighted by Crippen LogP contribution is -2.44. The normalized spacial score (nSPS) is 16.2. The molecule has 1 aromatic heterocycles. The molecule has 0 radical (unpaired) electrons. The Morgan fingerprint density at radius 2 is 1.73 bits per heavy atom. The number of piperazine rings is 1.